The molecule has 1 amide bonds. The molecule has 0 aromatic heterocycles. The van der Waals surface area contributed by atoms with Crippen molar-refractivity contribution in [2.24, 2.45) is 0 Å². The number of amides is 1. The van der Waals surface area contributed by atoms with Crippen molar-refractivity contribution < 1.29 is 19.0 Å². The van der Waals surface area contributed by atoms with Crippen LogP contribution >= 0.6 is 11.6 Å². The molecule has 22 heavy (non-hydrogen) atoms. The Morgan fingerprint density at radius 3 is 3.00 bits per heavy atom. The van der Waals surface area contributed by atoms with Crippen LogP contribution in [0.4, 0.5) is 4.39 Å². The van der Waals surface area contributed by atoms with Crippen LogP contribution in [-0.4, -0.2) is 54.8 Å². The number of nitrogens with one attached hydrogen (secondary N) is 1. The van der Waals surface area contributed by atoms with Gasteiger partial charge in [-0.15, -0.1) is 0 Å². The van der Waals surface area contributed by atoms with E-state index in [1.807, 2.05) is 0 Å². The van der Waals surface area contributed by atoms with E-state index in [0.717, 1.165) is 0 Å². The van der Waals surface area contributed by atoms with Gasteiger partial charge in [-0.1, -0.05) is 17.7 Å². The lowest BCUT2D eigenvalue weighted by Crippen LogP contribution is -2.52. The number of halogens is 2. The van der Waals surface area contributed by atoms with Crippen LogP contribution in [0.5, 0.6) is 0 Å². The van der Waals surface area contributed by atoms with Gasteiger partial charge in [-0.25, -0.2) is 4.39 Å². The predicted octanol–water partition coefficient (Wildman–Crippen LogP) is 1.35. The van der Waals surface area contributed by atoms with E-state index in [1.54, 1.807) is 13.1 Å². The minimum atomic E-state index is -1.36. The molecule has 5 nitrogen and oxygen atoms in total. The van der Waals surface area contributed by atoms with Gasteiger partial charge in [0.1, 0.15) is 17.5 Å². The number of hydrogen-bond donors (Lipinski definition) is 2. The van der Waals surface area contributed by atoms with Gasteiger partial charge in [0.05, 0.1) is 18.2 Å². The molecule has 7 heteroatoms. The highest BCUT2D eigenvalue weighted by atomic mass is 35.5. The predicted molar refractivity (Wildman–Crippen MR) is 81.2 cm³/mol. The van der Waals surface area contributed by atoms with Crippen molar-refractivity contribution in [3.8, 4) is 0 Å². The summed E-state index contributed by atoms with van der Waals surface area (Å²) >= 11 is 5.71. The molecule has 0 radical (unpaired) electrons. The minimum Gasteiger partial charge on any atom is -0.384 e. The second-order valence-electron chi connectivity index (χ2n) is 5.58. The number of β-amino-alcohol motifs (C(OH)–C–C–N with tert-alkyl or cyclic N) is 1. The van der Waals surface area contributed by atoms with E-state index in [9.17, 15) is 14.3 Å². The van der Waals surface area contributed by atoms with E-state index >= 15 is 0 Å². The van der Waals surface area contributed by atoms with Gasteiger partial charge < -0.3 is 20.1 Å². The summed E-state index contributed by atoms with van der Waals surface area (Å²) in [4.78, 5) is 12.9. The molecule has 1 fully saturated rings. The lowest BCUT2D eigenvalue weighted by Gasteiger charge is -2.37. The van der Waals surface area contributed by atoms with E-state index in [2.05, 4.69) is 5.32 Å². The van der Waals surface area contributed by atoms with Crippen LogP contribution in [0.1, 0.15) is 18.6 Å². The SMILES string of the molecule is CC(=O)N(C)CC1(O)CNCCOC1c1ccc(Cl)c(F)c1. The fourth-order valence-corrected chi connectivity index (χ4v) is 2.66. The van der Waals surface area contributed by atoms with E-state index in [1.165, 1.54) is 24.0 Å². The van der Waals surface area contributed by atoms with Crippen molar-refractivity contribution in [3.63, 3.8) is 0 Å². The summed E-state index contributed by atoms with van der Waals surface area (Å²) < 4.78 is 19.4. The lowest BCUT2D eigenvalue weighted by molar-refractivity contribution is -0.138. The van der Waals surface area contributed by atoms with Gasteiger partial charge >= 0.3 is 0 Å². The van der Waals surface area contributed by atoms with Crippen molar-refractivity contribution in [1.82, 2.24) is 10.2 Å². The fraction of sp³-hybridized carbons (Fsp3) is 0.533. The van der Waals surface area contributed by atoms with Gasteiger partial charge in [0.2, 0.25) is 5.91 Å². The summed E-state index contributed by atoms with van der Waals surface area (Å²) in [5.74, 6) is -0.735. The smallest absolute Gasteiger partial charge is 0.219 e. The number of carbonyl (C=O) groups excluding carboxylic acids is 1. The van der Waals surface area contributed by atoms with Crippen LogP contribution < -0.4 is 5.32 Å². The molecule has 1 saturated heterocycles. The average molecular weight is 331 g/mol. The molecule has 1 aromatic rings. The molecule has 1 aromatic carbocycles. The maximum atomic E-state index is 13.7. The quantitative estimate of drug-likeness (QED) is 0.878. The molecule has 0 bridgehead atoms. The topological polar surface area (TPSA) is 61.8 Å². The second kappa shape index (κ2) is 6.91. The third-order valence-electron chi connectivity index (χ3n) is 3.78. The van der Waals surface area contributed by atoms with Crippen LogP contribution in [0, 0.1) is 5.82 Å². The Hall–Kier alpha value is -1.21. The van der Waals surface area contributed by atoms with Gasteiger partial charge in [0.15, 0.2) is 0 Å². The van der Waals surface area contributed by atoms with Crippen molar-refractivity contribution in [1.29, 1.82) is 0 Å². The molecule has 2 rings (SSSR count). The normalized spacial score (nSPS) is 25.6. The summed E-state index contributed by atoms with van der Waals surface area (Å²) in [5, 5.41) is 14.1. The summed E-state index contributed by atoms with van der Waals surface area (Å²) in [6, 6.07) is 4.32. The highest BCUT2D eigenvalue weighted by Gasteiger charge is 2.41. The van der Waals surface area contributed by atoms with Crippen LogP contribution in [0.25, 0.3) is 0 Å². The first-order chi connectivity index (χ1) is 10.3. The van der Waals surface area contributed by atoms with Crippen LogP contribution in [0.2, 0.25) is 5.02 Å². The molecule has 0 saturated carbocycles. The Kier molecular flexibility index (Phi) is 5.39. The van der Waals surface area contributed by atoms with E-state index in [4.69, 9.17) is 16.3 Å². The zero-order chi connectivity index (χ0) is 16.3. The number of ether oxygens (including phenoxy) is 1. The molecule has 1 aliphatic heterocycles. The Morgan fingerprint density at radius 2 is 2.36 bits per heavy atom. The van der Waals surface area contributed by atoms with Gasteiger partial charge in [0.25, 0.3) is 0 Å². The molecular weight excluding hydrogens is 311 g/mol. The molecule has 1 aliphatic rings. The number of aliphatic hydroxyl groups is 1. The van der Waals surface area contributed by atoms with Crippen molar-refractivity contribution in [2.45, 2.75) is 18.6 Å². The molecule has 0 spiro atoms. The molecule has 1 heterocycles. The number of carbonyl (C=O) groups is 1. The Morgan fingerprint density at radius 1 is 1.64 bits per heavy atom. The standard InChI is InChI=1S/C15H20ClFN2O3/c1-10(20)19(2)9-15(21)8-18-5-6-22-14(15)11-3-4-12(16)13(17)7-11/h3-4,7,14,18,21H,5-6,8-9H2,1-2H3. The van der Waals surface area contributed by atoms with Gasteiger partial charge in [0, 0.05) is 27.1 Å². The summed E-state index contributed by atoms with van der Waals surface area (Å²) in [5.41, 5.74) is -0.873. The summed E-state index contributed by atoms with van der Waals surface area (Å²) in [7, 11) is 1.60. The van der Waals surface area contributed by atoms with Gasteiger partial charge in [-0.05, 0) is 17.7 Å². The first kappa shape index (κ1) is 17.1. The third-order valence-corrected chi connectivity index (χ3v) is 4.08. The maximum absolute atomic E-state index is 13.7. The molecule has 2 unspecified atom stereocenters. The molecule has 122 valence electrons. The third kappa shape index (κ3) is 3.76. The van der Waals surface area contributed by atoms with E-state index in [0.29, 0.717) is 18.7 Å². The van der Waals surface area contributed by atoms with Crippen LogP contribution in [0.15, 0.2) is 18.2 Å². The number of benzene rings is 1. The minimum absolute atomic E-state index is 0.0138. The Balaban J connectivity index is 2.34. The largest absolute Gasteiger partial charge is 0.384 e. The first-order valence-corrected chi connectivity index (χ1v) is 7.42. The zero-order valence-corrected chi connectivity index (χ0v) is 13.4. The summed E-state index contributed by atoms with van der Waals surface area (Å²) in [6.07, 6.45) is -0.754. The van der Waals surface area contributed by atoms with Crippen LogP contribution in [0.3, 0.4) is 0 Å². The molecule has 2 N–H and O–H groups in total. The maximum Gasteiger partial charge on any atom is 0.219 e. The van der Waals surface area contributed by atoms with E-state index < -0.39 is 17.5 Å². The molecule has 2 atom stereocenters. The lowest BCUT2D eigenvalue weighted by atomic mass is 9.90. The first-order valence-electron chi connectivity index (χ1n) is 7.05. The number of hydrogen-bond acceptors (Lipinski definition) is 4. The Labute approximate surface area is 134 Å². The number of likely N-dealkylation sites (N-methyl/N-ethyl adjacent to an activating group) is 1. The Bertz CT molecular complexity index is 558. The fourth-order valence-electron chi connectivity index (χ4n) is 2.54. The zero-order valence-electron chi connectivity index (χ0n) is 12.6. The van der Waals surface area contributed by atoms with Gasteiger partial charge in [-0.2, -0.15) is 0 Å². The highest BCUT2D eigenvalue weighted by molar-refractivity contribution is 6.30. The molecular formula is C15H20ClFN2O3. The van der Waals surface area contributed by atoms with Gasteiger partial charge in [-0.3, -0.25) is 4.79 Å². The average Bonchev–Trinajstić information content (AvgIpc) is 2.63. The number of rotatable bonds is 3. The monoisotopic (exact) mass is 330 g/mol. The van der Waals surface area contributed by atoms with Crippen molar-refractivity contribution >= 4 is 17.5 Å². The second-order valence-corrected chi connectivity index (χ2v) is 5.99. The van der Waals surface area contributed by atoms with E-state index in [-0.39, 0.29) is 24.0 Å². The van der Waals surface area contributed by atoms with Crippen LogP contribution in [-0.2, 0) is 9.53 Å². The number of nitrogens with zero attached hydrogens (tertiary/aromatic N) is 1. The van der Waals surface area contributed by atoms with Crippen molar-refractivity contribution in [3.05, 3.63) is 34.6 Å². The summed E-state index contributed by atoms with van der Waals surface area (Å²) in [6.45, 7) is 2.68. The molecule has 0 aliphatic carbocycles. The highest BCUT2D eigenvalue weighted by Crippen LogP contribution is 2.33. The van der Waals surface area contributed by atoms with Crippen molar-refractivity contribution in [2.75, 3.05) is 33.3 Å².